The lowest BCUT2D eigenvalue weighted by Gasteiger charge is -2.37. The first-order valence-corrected chi connectivity index (χ1v) is 5.39. The molecule has 0 aromatic rings. The van der Waals surface area contributed by atoms with Gasteiger partial charge in [0.15, 0.2) is 0 Å². The molecule has 1 unspecified atom stereocenters. The number of rotatable bonds is 1. The highest BCUT2D eigenvalue weighted by molar-refractivity contribution is 5.79. The third kappa shape index (κ3) is 2.12. The molecule has 86 valence electrons. The van der Waals surface area contributed by atoms with Gasteiger partial charge in [-0.15, -0.1) is 0 Å². The fourth-order valence-corrected chi connectivity index (χ4v) is 2.52. The van der Waals surface area contributed by atoms with Gasteiger partial charge in [0.25, 0.3) is 5.92 Å². The van der Waals surface area contributed by atoms with Crippen LogP contribution in [-0.4, -0.2) is 41.9 Å². The van der Waals surface area contributed by atoms with E-state index in [1.54, 1.807) is 4.90 Å². The number of piperidine rings is 1. The summed E-state index contributed by atoms with van der Waals surface area (Å²) in [4.78, 5) is 13.2. The molecule has 2 fully saturated rings. The highest BCUT2D eigenvalue weighted by atomic mass is 19.3. The van der Waals surface area contributed by atoms with Gasteiger partial charge in [0, 0.05) is 25.4 Å². The molecule has 1 N–H and O–H groups in total. The van der Waals surface area contributed by atoms with E-state index in [1.165, 1.54) is 0 Å². The molecule has 2 aliphatic rings. The number of likely N-dealkylation sites (tertiary alicyclic amines) is 1. The molecular weight excluding hydrogens is 202 g/mol. The van der Waals surface area contributed by atoms with Crippen molar-refractivity contribution in [1.82, 2.24) is 10.2 Å². The molecule has 0 aliphatic carbocycles. The fraction of sp³-hybridized carbons (Fsp3) is 0.900. The van der Waals surface area contributed by atoms with Crippen molar-refractivity contribution < 1.29 is 13.6 Å². The van der Waals surface area contributed by atoms with Gasteiger partial charge in [-0.2, -0.15) is 0 Å². The van der Waals surface area contributed by atoms with Crippen LogP contribution >= 0.6 is 0 Å². The van der Waals surface area contributed by atoms with E-state index in [0.717, 1.165) is 6.42 Å². The van der Waals surface area contributed by atoms with Gasteiger partial charge in [-0.25, -0.2) is 8.78 Å². The van der Waals surface area contributed by atoms with E-state index in [-0.39, 0.29) is 31.0 Å². The van der Waals surface area contributed by atoms with Crippen LogP contribution in [-0.2, 0) is 4.79 Å². The molecule has 5 heteroatoms. The van der Waals surface area contributed by atoms with Crippen molar-refractivity contribution in [3.05, 3.63) is 0 Å². The van der Waals surface area contributed by atoms with Crippen LogP contribution in [0.15, 0.2) is 0 Å². The normalized spacial score (nSPS) is 35.9. The Bertz CT molecular complexity index is 270. The number of amides is 1. The number of carbonyl (C=O) groups excluding carboxylic acids is 1. The summed E-state index contributed by atoms with van der Waals surface area (Å²) in [5.41, 5.74) is 0. The zero-order valence-corrected chi connectivity index (χ0v) is 8.80. The van der Waals surface area contributed by atoms with Crippen molar-refractivity contribution in [2.75, 3.05) is 13.1 Å². The second-order valence-corrected chi connectivity index (χ2v) is 4.53. The topological polar surface area (TPSA) is 32.3 Å². The standard InChI is InChI=1S/C10H16F2N2O/c1-7-2-3-9(15)14(7)8-4-10(11,12)6-13-5-8/h7-8,13H,2-6H2,1H3/t7?,8-/m0/s1. The fourth-order valence-electron chi connectivity index (χ4n) is 2.52. The number of halogens is 2. The highest BCUT2D eigenvalue weighted by Gasteiger charge is 2.42. The van der Waals surface area contributed by atoms with Gasteiger partial charge in [-0.3, -0.25) is 4.79 Å². The second kappa shape index (κ2) is 3.70. The van der Waals surface area contributed by atoms with Gasteiger partial charge in [0.05, 0.1) is 12.6 Å². The quantitative estimate of drug-likeness (QED) is 0.712. The molecular formula is C10H16F2N2O. The van der Waals surface area contributed by atoms with E-state index >= 15 is 0 Å². The summed E-state index contributed by atoms with van der Waals surface area (Å²) in [7, 11) is 0. The lowest BCUT2D eigenvalue weighted by Crippen LogP contribution is -2.55. The Balaban J connectivity index is 2.06. The number of nitrogens with one attached hydrogen (secondary N) is 1. The van der Waals surface area contributed by atoms with E-state index in [2.05, 4.69) is 5.32 Å². The smallest absolute Gasteiger partial charge is 0.262 e. The maximum absolute atomic E-state index is 13.2. The third-order valence-electron chi connectivity index (χ3n) is 3.23. The van der Waals surface area contributed by atoms with Crippen LogP contribution in [0.2, 0.25) is 0 Å². The van der Waals surface area contributed by atoms with Crippen molar-refractivity contribution in [2.45, 2.75) is 44.2 Å². The predicted molar refractivity (Wildman–Crippen MR) is 51.8 cm³/mol. The maximum atomic E-state index is 13.2. The minimum Gasteiger partial charge on any atom is -0.335 e. The average molecular weight is 218 g/mol. The lowest BCUT2D eigenvalue weighted by molar-refractivity contribution is -0.134. The third-order valence-corrected chi connectivity index (χ3v) is 3.23. The van der Waals surface area contributed by atoms with E-state index in [1.807, 2.05) is 6.92 Å². The van der Waals surface area contributed by atoms with Crippen molar-refractivity contribution >= 4 is 5.91 Å². The predicted octanol–water partition coefficient (Wildman–Crippen LogP) is 0.994. The Hall–Kier alpha value is -0.710. The zero-order chi connectivity index (χ0) is 11.1. The highest BCUT2D eigenvalue weighted by Crippen LogP contribution is 2.30. The minimum absolute atomic E-state index is 0.0204. The molecule has 0 aromatic heterocycles. The van der Waals surface area contributed by atoms with Crippen LogP contribution in [0.25, 0.3) is 0 Å². The Labute approximate surface area is 87.8 Å². The molecule has 15 heavy (non-hydrogen) atoms. The van der Waals surface area contributed by atoms with Crippen LogP contribution in [0, 0.1) is 0 Å². The maximum Gasteiger partial charge on any atom is 0.262 e. The largest absolute Gasteiger partial charge is 0.335 e. The molecule has 2 saturated heterocycles. The number of hydrogen-bond acceptors (Lipinski definition) is 2. The van der Waals surface area contributed by atoms with Crippen LogP contribution in [0.1, 0.15) is 26.2 Å². The summed E-state index contributed by atoms with van der Waals surface area (Å²) in [6.07, 6.45) is 1.10. The summed E-state index contributed by atoms with van der Waals surface area (Å²) in [6.45, 7) is 2.16. The Morgan fingerprint density at radius 2 is 2.27 bits per heavy atom. The molecule has 0 radical (unpaired) electrons. The number of hydrogen-bond donors (Lipinski definition) is 1. The van der Waals surface area contributed by atoms with Gasteiger partial charge in [-0.1, -0.05) is 0 Å². The van der Waals surface area contributed by atoms with E-state index in [0.29, 0.717) is 13.0 Å². The van der Waals surface area contributed by atoms with Gasteiger partial charge in [0.1, 0.15) is 0 Å². The Morgan fingerprint density at radius 3 is 2.80 bits per heavy atom. The van der Waals surface area contributed by atoms with Gasteiger partial charge in [-0.05, 0) is 13.3 Å². The number of carbonyl (C=O) groups is 1. The molecule has 2 atom stereocenters. The average Bonchev–Trinajstić information content (AvgIpc) is 2.44. The van der Waals surface area contributed by atoms with Gasteiger partial charge >= 0.3 is 0 Å². The zero-order valence-electron chi connectivity index (χ0n) is 8.80. The molecule has 2 aliphatic heterocycles. The SMILES string of the molecule is CC1CCC(=O)N1[C@@H]1CNCC(F)(F)C1. The van der Waals surface area contributed by atoms with E-state index < -0.39 is 5.92 Å². The van der Waals surface area contributed by atoms with Gasteiger partial charge in [0.2, 0.25) is 5.91 Å². The monoisotopic (exact) mass is 218 g/mol. The first-order chi connectivity index (χ1) is 6.99. The summed E-state index contributed by atoms with van der Waals surface area (Å²) in [5.74, 6) is -2.65. The van der Waals surface area contributed by atoms with Crippen molar-refractivity contribution in [2.24, 2.45) is 0 Å². The van der Waals surface area contributed by atoms with Gasteiger partial charge < -0.3 is 10.2 Å². The van der Waals surface area contributed by atoms with Crippen molar-refractivity contribution in [3.63, 3.8) is 0 Å². The number of alkyl halides is 2. The van der Waals surface area contributed by atoms with E-state index in [4.69, 9.17) is 0 Å². The van der Waals surface area contributed by atoms with Crippen LogP contribution in [0.3, 0.4) is 0 Å². The second-order valence-electron chi connectivity index (χ2n) is 4.53. The van der Waals surface area contributed by atoms with Crippen molar-refractivity contribution in [3.8, 4) is 0 Å². The summed E-state index contributed by atoms with van der Waals surface area (Å²) >= 11 is 0. The first-order valence-electron chi connectivity index (χ1n) is 5.39. The van der Waals surface area contributed by atoms with Crippen LogP contribution in [0.5, 0.6) is 0 Å². The summed E-state index contributed by atoms with van der Waals surface area (Å²) < 4.78 is 26.3. The summed E-state index contributed by atoms with van der Waals surface area (Å²) in [5, 5.41) is 2.70. The van der Waals surface area contributed by atoms with Crippen LogP contribution < -0.4 is 5.32 Å². The van der Waals surface area contributed by atoms with Crippen LogP contribution in [0.4, 0.5) is 8.78 Å². The first kappa shape index (κ1) is 10.8. The Kier molecular flexibility index (Phi) is 2.66. The van der Waals surface area contributed by atoms with E-state index in [9.17, 15) is 13.6 Å². The minimum atomic E-state index is -2.68. The molecule has 3 nitrogen and oxygen atoms in total. The Morgan fingerprint density at radius 1 is 1.53 bits per heavy atom. The number of nitrogens with zero attached hydrogens (tertiary/aromatic N) is 1. The molecule has 2 heterocycles. The molecule has 0 spiro atoms. The van der Waals surface area contributed by atoms with Crippen molar-refractivity contribution in [1.29, 1.82) is 0 Å². The molecule has 0 bridgehead atoms. The summed E-state index contributed by atoms with van der Waals surface area (Å²) in [6, 6.07) is -0.225. The lowest BCUT2D eigenvalue weighted by atomic mass is 10.0. The molecule has 1 amide bonds. The molecule has 2 rings (SSSR count). The molecule has 0 saturated carbocycles. The molecule has 0 aromatic carbocycles.